The predicted molar refractivity (Wildman–Crippen MR) is 67.2 cm³/mol. The van der Waals surface area contributed by atoms with E-state index in [1.54, 1.807) is 11.3 Å². The Kier molecular flexibility index (Phi) is 4.49. The summed E-state index contributed by atoms with van der Waals surface area (Å²) in [5, 5.41) is 1.04. The van der Waals surface area contributed by atoms with E-state index in [0.717, 1.165) is 29.3 Å². The van der Waals surface area contributed by atoms with E-state index in [4.69, 9.17) is 4.74 Å². The lowest BCUT2D eigenvalue weighted by Crippen LogP contribution is -2.25. The van der Waals surface area contributed by atoms with E-state index in [1.807, 2.05) is 13.1 Å². The maximum absolute atomic E-state index is 11.9. The quantitative estimate of drug-likeness (QED) is 0.832. The highest BCUT2D eigenvalue weighted by Gasteiger charge is 2.17. The van der Waals surface area contributed by atoms with Crippen molar-refractivity contribution < 1.29 is 8.95 Å². The Hall–Kier alpha value is -0.260. The number of hydrogen-bond acceptors (Lipinski definition) is 4. The number of aryl methyl sites for hydroxylation is 1. The third kappa shape index (κ3) is 3.64. The molecule has 0 saturated carbocycles. The van der Waals surface area contributed by atoms with Gasteiger partial charge in [-0.2, -0.15) is 0 Å². The molecule has 1 aliphatic heterocycles. The molecule has 0 N–H and O–H groups in total. The topological polar surface area (TPSA) is 39.2 Å². The second-order valence-electron chi connectivity index (χ2n) is 4.09. The summed E-state index contributed by atoms with van der Waals surface area (Å²) in [4.78, 5) is 5.29. The normalized spacial score (nSPS) is 23.2. The van der Waals surface area contributed by atoms with Gasteiger partial charge in [0.1, 0.15) is 0 Å². The summed E-state index contributed by atoms with van der Waals surface area (Å²) in [6, 6.07) is 0. The highest BCUT2D eigenvalue weighted by atomic mass is 32.2. The minimum Gasteiger partial charge on any atom is -0.377 e. The lowest BCUT2D eigenvalue weighted by molar-refractivity contribution is 0.0310. The molecule has 1 saturated heterocycles. The largest absolute Gasteiger partial charge is 0.377 e. The lowest BCUT2D eigenvalue weighted by atomic mass is 10.1. The predicted octanol–water partition coefficient (Wildman–Crippen LogP) is 2.27. The average molecular weight is 259 g/mol. The number of rotatable bonds is 4. The van der Waals surface area contributed by atoms with Crippen molar-refractivity contribution in [3.8, 4) is 0 Å². The van der Waals surface area contributed by atoms with Crippen LogP contribution < -0.4 is 0 Å². The van der Waals surface area contributed by atoms with Gasteiger partial charge in [-0.05, 0) is 26.2 Å². The Morgan fingerprint density at radius 1 is 1.62 bits per heavy atom. The second kappa shape index (κ2) is 5.89. The van der Waals surface area contributed by atoms with Gasteiger partial charge in [0.25, 0.3) is 0 Å². The minimum absolute atomic E-state index is 0.212. The first-order valence-corrected chi connectivity index (χ1v) is 7.92. The molecule has 2 rings (SSSR count). The fourth-order valence-electron chi connectivity index (χ4n) is 1.84. The van der Waals surface area contributed by atoms with Gasteiger partial charge in [0, 0.05) is 28.5 Å². The Bertz CT molecular complexity index is 359. The van der Waals surface area contributed by atoms with Crippen molar-refractivity contribution in [1.82, 2.24) is 4.98 Å². The van der Waals surface area contributed by atoms with E-state index < -0.39 is 10.8 Å². The molecule has 0 unspecified atom stereocenters. The highest BCUT2D eigenvalue weighted by Crippen LogP contribution is 2.17. The molecule has 0 aliphatic carbocycles. The van der Waals surface area contributed by atoms with Gasteiger partial charge in [0.05, 0.1) is 22.6 Å². The Morgan fingerprint density at radius 2 is 2.50 bits per heavy atom. The molecule has 0 radical (unpaired) electrons. The van der Waals surface area contributed by atoms with E-state index in [9.17, 15) is 4.21 Å². The van der Waals surface area contributed by atoms with E-state index in [1.165, 1.54) is 6.42 Å². The van der Waals surface area contributed by atoms with Crippen molar-refractivity contribution in [1.29, 1.82) is 0 Å². The van der Waals surface area contributed by atoms with Gasteiger partial charge in [-0.1, -0.05) is 0 Å². The van der Waals surface area contributed by atoms with Gasteiger partial charge in [0.15, 0.2) is 0 Å². The fourth-order valence-corrected chi connectivity index (χ4v) is 4.24. The van der Waals surface area contributed by atoms with Crippen LogP contribution in [0.1, 0.15) is 29.1 Å². The standard InChI is InChI=1S/C11H17NO2S2/c1-9-12-6-11(15-9)8-16(13)7-10-4-2-3-5-14-10/h6,10H,2-5,7-8H2,1H3/t10-,16-/m0/s1. The van der Waals surface area contributed by atoms with Crippen molar-refractivity contribution in [2.75, 3.05) is 12.4 Å². The molecular formula is C11H17NO2S2. The minimum atomic E-state index is -0.810. The number of aromatic nitrogens is 1. The molecular weight excluding hydrogens is 242 g/mol. The van der Waals surface area contributed by atoms with E-state index in [-0.39, 0.29) is 6.10 Å². The zero-order valence-electron chi connectivity index (χ0n) is 9.48. The summed E-state index contributed by atoms with van der Waals surface area (Å²) in [5.41, 5.74) is 0. The third-order valence-corrected chi connectivity index (χ3v) is 5.09. The van der Waals surface area contributed by atoms with Crippen LogP contribution in [-0.4, -0.2) is 27.7 Å². The summed E-state index contributed by atoms with van der Waals surface area (Å²) in [6.07, 6.45) is 5.47. The van der Waals surface area contributed by atoms with Crippen LogP contribution in [-0.2, 0) is 21.3 Å². The molecule has 1 fully saturated rings. The van der Waals surface area contributed by atoms with Crippen molar-refractivity contribution in [3.05, 3.63) is 16.1 Å². The summed E-state index contributed by atoms with van der Waals surface area (Å²) >= 11 is 1.63. The van der Waals surface area contributed by atoms with Crippen LogP contribution in [0.5, 0.6) is 0 Å². The first-order valence-electron chi connectivity index (χ1n) is 5.62. The van der Waals surface area contributed by atoms with Crippen LogP contribution in [0.25, 0.3) is 0 Å². The zero-order chi connectivity index (χ0) is 11.4. The molecule has 3 nitrogen and oxygen atoms in total. The Balaban J connectivity index is 1.79. The Morgan fingerprint density at radius 3 is 3.12 bits per heavy atom. The van der Waals surface area contributed by atoms with E-state index >= 15 is 0 Å². The van der Waals surface area contributed by atoms with Crippen molar-refractivity contribution in [3.63, 3.8) is 0 Å². The van der Waals surface area contributed by atoms with Crippen LogP contribution in [0.4, 0.5) is 0 Å². The molecule has 0 aromatic carbocycles. The Labute approximate surface area is 103 Å². The van der Waals surface area contributed by atoms with Gasteiger partial charge >= 0.3 is 0 Å². The summed E-state index contributed by atoms with van der Waals surface area (Å²) in [6.45, 7) is 2.81. The van der Waals surface area contributed by atoms with Gasteiger partial charge in [-0.15, -0.1) is 11.3 Å². The van der Waals surface area contributed by atoms with E-state index in [2.05, 4.69) is 4.98 Å². The number of ether oxygens (including phenoxy) is 1. The van der Waals surface area contributed by atoms with Crippen LogP contribution in [0, 0.1) is 6.92 Å². The molecule has 2 heterocycles. The summed E-state index contributed by atoms with van der Waals surface area (Å²) < 4.78 is 17.5. The van der Waals surface area contributed by atoms with Gasteiger partial charge < -0.3 is 4.74 Å². The van der Waals surface area contributed by atoms with Gasteiger partial charge in [-0.3, -0.25) is 4.21 Å². The fraction of sp³-hybridized carbons (Fsp3) is 0.727. The molecule has 0 amide bonds. The molecule has 1 aromatic heterocycles. The van der Waals surface area contributed by atoms with Crippen molar-refractivity contribution in [2.45, 2.75) is 38.0 Å². The summed E-state index contributed by atoms with van der Waals surface area (Å²) in [5.74, 6) is 1.31. The smallest absolute Gasteiger partial charge is 0.0897 e. The molecule has 1 aliphatic rings. The second-order valence-corrected chi connectivity index (χ2v) is 6.91. The van der Waals surface area contributed by atoms with Crippen LogP contribution >= 0.6 is 11.3 Å². The van der Waals surface area contributed by atoms with E-state index in [0.29, 0.717) is 11.5 Å². The average Bonchev–Trinajstić information content (AvgIpc) is 2.65. The number of hydrogen-bond donors (Lipinski definition) is 0. The molecule has 1 aromatic rings. The van der Waals surface area contributed by atoms with Crippen LogP contribution in [0.15, 0.2) is 6.20 Å². The molecule has 0 bridgehead atoms. The molecule has 0 spiro atoms. The molecule has 2 atom stereocenters. The summed E-state index contributed by atoms with van der Waals surface area (Å²) in [7, 11) is -0.810. The van der Waals surface area contributed by atoms with Crippen LogP contribution in [0.3, 0.4) is 0 Å². The molecule has 16 heavy (non-hydrogen) atoms. The van der Waals surface area contributed by atoms with Crippen molar-refractivity contribution >= 4 is 22.1 Å². The van der Waals surface area contributed by atoms with Gasteiger partial charge in [0.2, 0.25) is 0 Å². The lowest BCUT2D eigenvalue weighted by Gasteiger charge is -2.21. The zero-order valence-corrected chi connectivity index (χ0v) is 11.1. The van der Waals surface area contributed by atoms with Crippen molar-refractivity contribution in [2.24, 2.45) is 0 Å². The maximum atomic E-state index is 11.9. The first-order chi connectivity index (χ1) is 7.74. The number of thiazole rings is 1. The number of nitrogens with zero attached hydrogens (tertiary/aromatic N) is 1. The maximum Gasteiger partial charge on any atom is 0.0897 e. The van der Waals surface area contributed by atoms with Gasteiger partial charge in [-0.25, -0.2) is 4.98 Å². The highest BCUT2D eigenvalue weighted by molar-refractivity contribution is 7.84. The monoisotopic (exact) mass is 259 g/mol. The SMILES string of the molecule is Cc1ncc(C[S@@](=O)C[C@@H]2CCCCO2)s1. The third-order valence-electron chi connectivity index (χ3n) is 2.62. The first kappa shape index (κ1) is 12.2. The molecule has 5 heteroatoms. The van der Waals surface area contributed by atoms with Crippen LogP contribution in [0.2, 0.25) is 0 Å². The molecule has 90 valence electrons.